The minimum absolute atomic E-state index is 1.03. The zero-order chi connectivity index (χ0) is 7.94. The summed E-state index contributed by atoms with van der Waals surface area (Å²) in [6.45, 7) is 3.62. The molecule has 1 aromatic rings. The van der Waals surface area contributed by atoms with Crippen molar-refractivity contribution in [1.29, 1.82) is 0 Å². The van der Waals surface area contributed by atoms with Crippen LogP contribution < -0.4 is 0 Å². The first-order chi connectivity index (χ1) is 5.43. The highest BCUT2D eigenvalue weighted by Crippen LogP contribution is 1.98. The molecule has 0 saturated carbocycles. The van der Waals surface area contributed by atoms with E-state index in [1.165, 1.54) is 0 Å². The van der Waals surface area contributed by atoms with Crippen LogP contribution in [0.5, 0.6) is 0 Å². The van der Waals surface area contributed by atoms with Crippen molar-refractivity contribution < 1.29 is 0 Å². The van der Waals surface area contributed by atoms with E-state index in [1.54, 1.807) is 6.20 Å². The van der Waals surface area contributed by atoms with E-state index in [0.717, 1.165) is 25.1 Å². The van der Waals surface area contributed by atoms with Gasteiger partial charge in [-0.05, 0) is 19.8 Å². The number of hydrogen-bond acceptors (Lipinski definition) is 1. The maximum absolute atomic E-state index is 4.12. The molecule has 1 heterocycles. The summed E-state index contributed by atoms with van der Waals surface area (Å²) < 4.78 is 0. The fourth-order valence-corrected chi connectivity index (χ4v) is 0.940. The van der Waals surface area contributed by atoms with E-state index < -0.39 is 0 Å². The summed E-state index contributed by atoms with van der Waals surface area (Å²) in [5.41, 5.74) is 0. The number of aromatic amines is 1. The van der Waals surface area contributed by atoms with Gasteiger partial charge < -0.3 is 4.98 Å². The number of hydrogen-bond donors (Lipinski definition) is 1. The summed E-state index contributed by atoms with van der Waals surface area (Å²) in [6, 6.07) is 0. The van der Waals surface area contributed by atoms with Crippen molar-refractivity contribution in [1.82, 2.24) is 9.97 Å². The molecule has 0 aliphatic heterocycles. The van der Waals surface area contributed by atoms with Gasteiger partial charge in [0.2, 0.25) is 0 Å². The Hall–Kier alpha value is -1.05. The number of aryl methyl sites for hydroxylation is 1. The Morgan fingerprint density at radius 1 is 1.64 bits per heavy atom. The largest absolute Gasteiger partial charge is 0.349 e. The Balaban J connectivity index is 2.14. The number of nitrogens with zero attached hydrogens (tertiary/aromatic N) is 1. The third-order valence-electron chi connectivity index (χ3n) is 1.51. The van der Waals surface area contributed by atoms with Gasteiger partial charge in [-0.15, -0.1) is 0 Å². The quantitative estimate of drug-likeness (QED) is 0.653. The van der Waals surface area contributed by atoms with Crippen LogP contribution >= 0.6 is 0 Å². The van der Waals surface area contributed by atoms with Gasteiger partial charge in [-0.2, -0.15) is 0 Å². The number of rotatable bonds is 4. The number of unbranched alkanes of at least 4 members (excludes halogenated alkanes) is 1. The van der Waals surface area contributed by atoms with Crippen LogP contribution in [-0.2, 0) is 6.42 Å². The lowest BCUT2D eigenvalue weighted by Crippen LogP contribution is -1.86. The molecular weight excluding hydrogens is 136 g/mol. The topological polar surface area (TPSA) is 28.7 Å². The van der Waals surface area contributed by atoms with Crippen LogP contribution in [0.3, 0.4) is 0 Å². The molecule has 0 aromatic carbocycles. The Morgan fingerprint density at radius 2 is 2.55 bits per heavy atom. The van der Waals surface area contributed by atoms with Crippen molar-refractivity contribution in [3.05, 3.63) is 37.3 Å². The molecule has 0 atom stereocenters. The summed E-state index contributed by atoms with van der Waals surface area (Å²) in [4.78, 5) is 7.18. The van der Waals surface area contributed by atoms with E-state index in [9.17, 15) is 0 Å². The van der Waals surface area contributed by atoms with Gasteiger partial charge in [0.1, 0.15) is 5.82 Å². The van der Waals surface area contributed by atoms with Crippen LogP contribution in [0.4, 0.5) is 0 Å². The molecule has 1 radical (unpaired) electrons. The van der Waals surface area contributed by atoms with Crippen molar-refractivity contribution >= 4 is 0 Å². The van der Waals surface area contributed by atoms with Gasteiger partial charge in [-0.25, -0.2) is 4.98 Å². The predicted octanol–water partition coefficient (Wildman–Crippen LogP) is 2.12. The number of imidazole rings is 1. The maximum Gasteiger partial charge on any atom is 0.106 e. The minimum atomic E-state index is 1.03. The highest BCUT2D eigenvalue weighted by molar-refractivity contribution is 4.89. The lowest BCUT2D eigenvalue weighted by atomic mass is 10.2. The van der Waals surface area contributed by atoms with E-state index >= 15 is 0 Å². The summed E-state index contributed by atoms with van der Waals surface area (Å²) >= 11 is 0. The second-order valence-electron chi connectivity index (χ2n) is 2.40. The smallest absolute Gasteiger partial charge is 0.106 e. The molecule has 0 fully saturated rings. The highest BCUT2D eigenvalue weighted by Gasteiger charge is 1.91. The molecule has 1 rings (SSSR count). The van der Waals surface area contributed by atoms with Gasteiger partial charge in [0.25, 0.3) is 0 Å². The average Bonchev–Trinajstić information content (AvgIpc) is 2.50. The van der Waals surface area contributed by atoms with Crippen LogP contribution in [0.25, 0.3) is 0 Å². The zero-order valence-electron chi connectivity index (χ0n) is 6.59. The van der Waals surface area contributed by atoms with Crippen LogP contribution in [0.15, 0.2) is 24.5 Å². The number of aromatic nitrogens is 2. The third-order valence-corrected chi connectivity index (χ3v) is 1.51. The van der Waals surface area contributed by atoms with Crippen molar-refractivity contribution in [2.45, 2.75) is 19.3 Å². The van der Waals surface area contributed by atoms with Gasteiger partial charge in [0, 0.05) is 18.8 Å². The molecule has 59 valence electrons. The van der Waals surface area contributed by atoms with Crippen molar-refractivity contribution in [2.75, 3.05) is 0 Å². The minimum Gasteiger partial charge on any atom is -0.349 e. The van der Waals surface area contributed by atoms with E-state index in [-0.39, 0.29) is 0 Å². The van der Waals surface area contributed by atoms with Crippen LogP contribution in [0.1, 0.15) is 18.7 Å². The SMILES string of the molecule is [CH2]/C=C/CCCc1ncc[nH]1. The lowest BCUT2D eigenvalue weighted by Gasteiger charge is -1.91. The van der Waals surface area contributed by atoms with E-state index in [0.29, 0.717) is 0 Å². The molecule has 0 aliphatic rings. The van der Waals surface area contributed by atoms with E-state index in [2.05, 4.69) is 23.0 Å². The molecular formula is C9H13N2. The second kappa shape index (κ2) is 4.72. The normalized spacial score (nSPS) is 11.0. The van der Waals surface area contributed by atoms with Gasteiger partial charge in [-0.3, -0.25) is 0 Å². The Kier molecular flexibility index (Phi) is 3.45. The Labute approximate surface area is 67.4 Å². The van der Waals surface area contributed by atoms with Gasteiger partial charge in [0.15, 0.2) is 0 Å². The molecule has 0 amide bonds. The van der Waals surface area contributed by atoms with Crippen LogP contribution in [0.2, 0.25) is 0 Å². The fourth-order valence-electron chi connectivity index (χ4n) is 0.940. The highest BCUT2D eigenvalue weighted by atomic mass is 14.9. The average molecular weight is 149 g/mol. The van der Waals surface area contributed by atoms with Gasteiger partial charge >= 0.3 is 0 Å². The monoisotopic (exact) mass is 149 g/mol. The summed E-state index contributed by atoms with van der Waals surface area (Å²) in [5.74, 6) is 1.07. The number of H-pyrrole nitrogens is 1. The number of nitrogens with one attached hydrogen (secondary N) is 1. The summed E-state index contributed by atoms with van der Waals surface area (Å²) in [7, 11) is 0. The fraction of sp³-hybridized carbons (Fsp3) is 0.333. The standard InChI is InChI=1S/C9H13N2/c1-2-3-4-5-6-9-10-7-8-11-9/h2-3,7-8H,1,4-6H2,(H,10,11)/b3-2+. The first kappa shape index (κ1) is 8.05. The summed E-state index contributed by atoms with van der Waals surface area (Å²) in [5, 5.41) is 0. The predicted molar refractivity (Wildman–Crippen MR) is 46.0 cm³/mol. The Morgan fingerprint density at radius 3 is 3.18 bits per heavy atom. The van der Waals surface area contributed by atoms with E-state index in [1.807, 2.05) is 12.3 Å². The number of allylic oxidation sites excluding steroid dienone is 2. The Bertz CT molecular complexity index is 199. The maximum atomic E-state index is 4.12. The first-order valence-electron chi connectivity index (χ1n) is 3.86. The molecule has 0 spiro atoms. The van der Waals surface area contributed by atoms with Crippen molar-refractivity contribution in [3.8, 4) is 0 Å². The molecule has 2 nitrogen and oxygen atoms in total. The molecule has 1 N–H and O–H groups in total. The van der Waals surface area contributed by atoms with E-state index in [4.69, 9.17) is 0 Å². The molecule has 1 aromatic heterocycles. The molecule has 0 unspecified atom stereocenters. The molecule has 11 heavy (non-hydrogen) atoms. The third kappa shape index (κ3) is 3.03. The molecule has 0 bridgehead atoms. The first-order valence-corrected chi connectivity index (χ1v) is 3.86. The molecule has 0 saturated heterocycles. The van der Waals surface area contributed by atoms with Crippen molar-refractivity contribution in [3.63, 3.8) is 0 Å². The van der Waals surface area contributed by atoms with Gasteiger partial charge in [0.05, 0.1) is 0 Å². The van der Waals surface area contributed by atoms with Crippen LogP contribution in [-0.4, -0.2) is 9.97 Å². The molecule has 2 heteroatoms. The zero-order valence-corrected chi connectivity index (χ0v) is 6.59. The van der Waals surface area contributed by atoms with Gasteiger partial charge in [-0.1, -0.05) is 12.2 Å². The molecule has 0 aliphatic carbocycles. The lowest BCUT2D eigenvalue weighted by molar-refractivity contribution is 0.799. The van der Waals surface area contributed by atoms with Crippen LogP contribution in [0, 0.1) is 6.92 Å². The second-order valence-corrected chi connectivity index (χ2v) is 2.40. The summed E-state index contributed by atoms with van der Waals surface area (Å²) in [6.07, 6.45) is 10.8. The van der Waals surface area contributed by atoms with Crippen molar-refractivity contribution in [2.24, 2.45) is 0 Å².